The van der Waals surface area contributed by atoms with Crippen LogP contribution in [-0.4, -0.2) is 43.6 Å². The number of ether oxygens (including phenoxy) is 2. The van der Waals surface area contributed by atoms with Crippen molar-refractivity contribution in [1.29, 1.82) is 0 Å². The molecule has 4 aromatic rings. The number of fused-ring (bicyclic) bond motifs is 2. The van der Waals surface area contributed by atoms with Gasteiger partial charge in [-0.25, -0.2) is 4.98 Å². The zero-order valence-electron chi connectivity index (χ0n) is 18.1. The molecular formula is C24H23N3O3S2. The van der Waals surface area contributed by atoms with Gasteiger partial charge >= 0.3 is 0 Å². The predicted molar refractivity (Wildman–Crippen MR) is 130 cm³/mol. The molecule has 2 aromatic carbocycles. The van der Waals surface area contributed by atoms with E-state index >= 15 is 0 Å². The molecule has 1 aliphatic heterocycles. The van der Waals surface area contributed by atoms with E-state index in [4.69, 9.17) is 14.5 Å². The summed E-state index contributed by atoms with van der Waals surface area (Å²) < 4.78 is 11.8. The number of anilines is 1. The summed E-state index contributed by atoms with van der Waals surface area (Å²) in [6, 6.07) is 13.4. The predicted octanol–water partition coefficient (Wildman–Crippen LogP) is 5.28. The monoisotopic (exact) mass is 465 g/mol. The van der Waals surface area contributed by atoms with Crippen LogP contribution >= 0.6 is 22.7 Å². The third kappa shape index (κ3) is 3.74. The Kier molecular flexibility index (Phi) is 5.58. The maximum absolute atomic E-state index is 13.3. The molecule has 0 saturated heterocycles. The molecule has 3 heterocycles. The lowest BCUT2D eigenvalue weighted by molar-refractivity contribution is 0.102. The van der Waals surface area contributed by atoms with Crippen LogP contribution in [0.4, 0.5) is 5.00 Å². The highest BCUT2D eigenvalue weighted by Gasteiger charge is 2.27. The normalized spacial score (nSPS) is 13.7. The Bertz CT molecular complexity index is 1280. The Morgan fingerprint density at radius 2 is 1.97 bits per heavy atom. The van der Waals surface area contributed by atoms with Gasteiger partial charge in [-0.2, -0.15) is 0 Å². The molecule has 1 aliphatic rings. The number of nitrogens with zero attached hydrogens (tertiary/aromatic N) is 2. The minimum atomic E-state index is -0.209. The molecule has 0 unspecified atom stereocenters. The molecule has 0 radical (unpaired) electrons. The molecule has 0 atom stereocenters. The van der Waals surface area contributed by atoms with Gasteiger partial charge in [0.15, 0.2) is 0 Å². The van der Waals surface area contributed by atoms with E-state index in [9.17, 15) is 4.79 Å². The maximum Gasteiger partial charge on any atom is 0.260 e. The smallest absolute Gasteiger partial charge is 0.260 e. The third-order valence-corrected chi connectivity index (χ3v) is 7.82. The number of thiazole rings is 1. The second-order valence-corrected chi connectivity index (χ2v) is 9.84. The molecular weight excluding hydrogens is 442 g/mol. The lowest BCUT2D eigenvalue weighted by Gasteiger charge is -2.22. The minimum Gasteiger partial charge on any atom is -0.497 e. The lowest BCUT2D eigenvalue weighted by Crippen LogP contribution is -2.25. The molecule has 2 aromatic heterocycles. The molecule has 0 spiro atoms. The van der Waals surface area contributed by atoms with Gasteiger partial charge in [0.2, 0.25) is 0 Å². The molecule has 0 bridgehead atoms. The van der Waals surface area contributed by atoms with Crippen LogP contribution in [0.3, 0.4) is 0 Å². The number of benzene rings is 2. The fraction of sp³-hybridized carbons (Fsp3) is 0.250. The van der Waals surface area contributed by atoms with E-state index in [0.717, 1.165) is 45.3 Å². The van der Waals surface area contributed by atoms with E-state index in [0.29, 0.717) is 17.1 Å². The summed E-state index contributed by atoms with van der Waals surface area (Å²) in [5.41, 5.74) is 3.80. The largest absolute Gasteiger partial charge is 0.497 e. The average Bonchev–Trinajstić information content (AvgIpc) is 3.38. The van der Waals surface area contributed by atoms with Gasteiger partial charge in [-0.15, -0.1) is 22.7 Å². The first-order valence-corrected chi connectivity index (χ1v) is 11.9. The fourth-order valence-corrected chi connectivity index (χ4v) is 6.41. The van der Waals surface area contributed by atoms with Crippen molar-refractivity contribution in [3.05, 3.63) is 58.5 Å². The quantitative estimate of drug-likeness (QED) is 0.434. The second kappa shape index (κ2) is 8.54. The number of rotatable bonds is 5. The molecule has 1 N–H and O–H groups in total. The Balaban J connectivity index is 1.57. The molecule has 8 heteroatoms. The van der Waals surface area contributed by atoms with Crippen LogP contribution in [-0.2, 0) is 13.0 Å². The molecule has 5 rings (SSSR count). The number of nitrogens with one attached hydrogen (secondary N) is 1. The highest BCUT2D eigenvalue weighted by molar-refractivity contribution is 7.23. The number of hydrogen-bond acceptors (Lipinski definition) is 7. The zero-order valence-corrected chi connectivity index (χ0v) is 19.7. The Morgan fingerprint density at radius 3 is 2.75 bits per heavy atom. The molecule has 0 saturated carbocycles. The van der Waals surface area contributed by atoms with Gasteiger partial charge in [-0.05, 0) is 43.3 Å². The number of aromatic nitrogens is 1. The van der Waals surface area contributed by atoms with Crippen molar-refractivity contribution in [2.24, 2.45) is 0 Å². The number of carbonyl (C=O) groups excluding carboxylic acids is 1. The third-order valence-electron chi connectivity index (χ3n) is 5.64. The topological polar surface area (TPSA) is 63.7 Å². The molecule has 32 heavy (non-hydrogen) atoms. The number of para-hydroxylation sites is 1. The average molecular weight is 466 g/mol. The van der Waals surface area contributed by atoms with E-state index < -0.39 is 0 Å². The van der Waals surface area contributed by atoms with Crippen molar-refractivity contribution in [3.63, 3.8) is 0 Å². The summed E-state index contributed by atoms with van der Waals surface area (Å²) in [4.78, 5) is 21.8. The molecule has 164 valence electrons. The van der Waals surface area contributed by atoms with E-state index in [1.165, 1.54) is 10.4 Å². The van der Waals surface area contributed by atoms with Crippen molar-refractivity contribution in [2.75, 3.05) is 33.1 Å². The SMILES string of the molecule is COc1ccc(C(=O)Nc2sc3c(c2-c2nc4ccccc4s2)CCN(C)C3)c(OC)c1. The first kappa shape index (κ1) is 20.9. The zero-order chi connectivity index (χ0) is 22.2. The molecule has 6 nitrogen and oxygen atoms in total. The Labute approximate surface area is 194 Å². The van der Waals surface area contributed by atoms with E-state index in [2.05, 4.69) is 23.3 Å². The Hall–Kier alpha value is -2.94. The molecule has 0 fully saturated rings. The van der Waals surface area contributed by atoms with Gasteiger partial charge in [-0.3, -0.25) is 4.79 Å². The van der Waals surface area contributed by atoms with E-state index in [1.54, 1.807) is 55.1 Å². The van der Waals surface area contributed by atoms with Crippen LogP contribution in [0.2, 0.25) is 0 Å². The number of likely N-dealkylation sites (N-methyl/N-ethyl adjacent to an activating group) is 1. The van der Waals surface area contributed by atoms with Gasteiger partial charge in [0.1, 0.15) is 21.5 Å². The second-order valence-electron chi connectivity index (χ2n) is 7.70. The number of amides is 1. The summed E-state index contributed by atoms with van der Waals surface area (Å²) in [7, 11) is 5.27. The van der Waals surface area contributed by atoms with Crippen LogP contribution < -0.4 is 14.8 Å². The van der Waals surface area contributed by atoms with Crippen molar-refractivity contribution in [1.82, 2.24) is 9.88 Å². The van der Waals surface area contributed by atoms with Gasteiger partial charge in [-0.1, -0.05) is 12.1 Å². The van der Waals surface area contributed by atoms with Crippen LogP contribution in [0.15, 0.2) is 42.5 Å². The fourth-order valence-electron chi connectivity index (χ4n) is 3.98. The number of thiophene rings is 1. The van der Waals surface area contributed by atoms with Crippen molar-refractivity contribution >= 4 is 43.8 Å². The maximum atomic E-state index is 13.3. The summed E-state index contributed by atoms with van der Waals surface area (Å²) in [5.74, 6) is 0.909. The van der Waals surface area contributed by atoms with E-state index in [1.807, 2.05) is 18.2 Å². The highest BCUT2D eigenvalue weighted by atomic mass is 32.1. The summed E-state index contributed by atoms with van der Waals surface area (Å²) in [6.07, 6.45) is 0.940. The molecule has 1 amide bonds. The van der Waals surface area contributed by atoms with Crippen LogP contribution in [0.1, 0.15) is 20.8 Å². The number of hydrogen-bond donors (Lipinski definition) is 1. The van der Waals surface area contributed by atoms with Crippen LogP contribution in [0, 0.1) is 0 Å². The van der Waals surface area contributed by atoms with Crippen molar-refractivity contribution in [3.8, 4) is 22.1 Å². The van der Waals surface area contributed by atoms with Gasteiger partial charge < -0.3 is 19.7 Å². The van der Waals surface area contributed by atoms with Crippen LogP contribution in [0.25, 0.3) is 20.8 Å². The first-order valence-electron chi connectivity index (χ1n) is 10.3. The highest BCUT2D eigenvalue weighted by Crippen LogP contribution is 2.45. The van der Waals surface area contributed by atoms with Crippen molar-refractivity contribution < 1.29 is 14.3 Å². The number of methoxy groups -OCH3 is 2. The van der Waals surface area contributed by atoms with Crippen LogP contribution in [0.5, 0.6) is 11.5 Å². The lowest BCUT2D eigenvalue weighted by atomic mass is 10.0. The standard InChI is InChI=1S/C24H23N3O3S2/c1-27-11-10-16-20(13-27)32-24(21(16)23-25-17-6-4-5-7-19(17)31-23)26-22(28)15-9-8-14(29-2)12-18(15)30-3/h4-9,12H,10-11,13H2,1-3H3,(H,26,28). The van der Waals surface area contributed by atoms with Gasteiger partial charge in [0, 0.05) is 29.6 Å². The van der Waals surface area contributed by atoms with Crippen molar-refractivity contribution in [2.45, 2.75) is 13.0 Å². The van der Waals surface area contributed by atoms with Gasteiger partial charge in [0.25, 0.3) is 5.91 Å². The first-order chi connectivity index (χ1) is 15.6. The molecule has 0 aliphatic carbocycles. The summed E-state index contributed by atoms with van der Waals surface area (Å²) in [6.45, 7) is 1.86. The Morgan fingerprint density at radius 1 is 1.12 bits per heavy atom. The minimum absolute atomic E-state index is 0.209. The van der Waals surface area contributed by atoms with E-state index in [-0.39, 0.29) is 5.91 Å². The summed E-state index contributed by atoms with van der Waals surface area (Å²) in [5, 5.41) is 4.95. The summed E-state index contributed by atoms with van der Waals surface area (Å²) >= 11 is 3.31. The van der Waals surface area contributed by atoms with Gasteiger partial charge in [0.05, 0.1) is 30.0 Å². The number of carbonyl (C=O) groups is 1.